The number of aliphatic hydroxyl groups is 1. The fraction of sp³-hybridized carbons (Fsp3) is 0.143. The van der Waals surface area contributed by atoms with Gasteiger partial charge in [0.2, 0.25) is 5.60 Å². The van der Waals surface area contributed by atoms with E-state index in [1.54, 1.807) is 18.3 Å². The van der Waals surface area contributed by atoms with E-state index in [1.807, 2.05) is 60.7 Å². The second kappa shape index (κ2) is 8.14. The first-order valence-electron chi connectivity index (χ1n) is 11.3. The van der Waals surface area contributed by atoms with Crippen LogP contribution in [0.15, 0.2) is 91.1 Å². The molecule has 2 N–H and O–H groups in total. The number of benzene rings is 3. The average Bonchev–Trinajstić information content (AvgIpc) is 3.13. The van der Waals surface area contributed by atoms with Crippen molar-refractivity contribution in [3.8, 4) is 17.2 Å². The molecule has 0 saturated heterocycles. The van der Waals surface area contributed by atoms with Crippen LogP contribution >= 0.6 is 0 Å². The molecular weight excluding hydrogens is 444 g/mol. The number of phenols is 1. The van der Waals surface area contributed by atoms with Crippen LogP contribution in [-0.4, -0.2) is 34.3 Å². The molecule has 0 saturated carbocycles. The molecule has 4 aromatic rings. The van der Waals surface area contributed by atoms with E-state index in [-0.39, 0.29) is 16.9 Å². The molecule has 3 aromatic carbocycles. The Labute approximate surface area is 201 Å². The number of fused-ring (bicyclic) bond motifs is 2. The van der Waals surface area contributed by atoms with Gasteiger partial charge in [0.25, 0.3) is 5.91 Å². The normalized spacial score (nSPS) is 18.6. The molecule has 7 heteroatoms. The maximum Gasteiger partial charge on any atom is 0.270 e. The predicted octanol–water partition coefficient (Wildman–Crippen LogP) is 3.93. The molecule has 0 radical (unpaired) electrons. The smallest absolute Gasteiger partial charge is 0.270 e. The number of rotatable bonds is 4. The van der Waals surface area contributed by atoms with Crippen LogP contribution in [-0.2, 0) is 10.4 Å². The molecule has 0 aliphatic carbocycles. The molecule has 2 aliphatic heterocycles. The van der Waals surface area contributed by atoms with E-state index in [9.17, 15) is 15.0 Å². The summed E-state index contributed by atoms with van der Waals surface area (Å²) < 4.78 is 11.2. The Morgan fingerprint density at radius 1 is 0.829 bits per heavy atom. The van der Waals surface area contributed by atoms with Crippen LogP contribution < -0.4 is 14.4 Å². The number of aromatic hydroxyl groups is 1. The monoisotopic (exact) mass is 466 g/mol. The number of carbonyl (C=O) groups is 1. The molecule has 1 aromatic heterocycles. The molecule has 35 heavy (non-hydrogen) atoms. The van der Waals surface area contributed by atoms with Gasteiger partial charge < -0.3 is 19.7 Å². The van der Waals surface area contributed by atoms with Gasteiger partial charge in [0.05, 0.1) is 6.04 Å². The molecule has 0 bridgehead atoms. The fourth-order valence-corrected chi connectivity index (χ4v) is 4.89. The zero-order valence-electron chi connectivity index (χ0n) is 18.7. The number of pyridine rings is 1. The number of ether oxygens (including phenoxy) is 2. The topological polar surface area (TPSA) is 92.1 Å². The highest BCUT2D eigenvalue weighted by atomic mass is 16.6. The van der Waals surface area contributed by atoms with Gasteiger partial charge in [-0.3, -0.25) is 9.69 Å². The zero-order chi connectivity index (χ0) is 24.0. The Bertz CT molecular complexity index is 1370. The Balaban J connectivity index is 1.56. The molecule has 0 spiro atoms. The summed E-state index contributed by atoms with van der Waals surface area (Å²) in [5.41, 5.74) is -0.151. The largest absolute Gasteiger partial charge is 0.507 e. The van der Waals surface area contributed by atoms with Gasteiger partial charge in [-0.15, -0.1) is 0 Å². The van der Waals surface area contributed by atoms with Crippen molar-refractivity contribution in [3.05, 3.63) is 113 Å². The Kier molecular flexibility index (Phi) is 4.93. The van der Waals surface area contributed by atoms with Crippen LogP contribution in [0.1, 0.15) is 28.3 Å². The summed E-state index contributed by atoms with van der Waals surface area (Å²) in [5, 5.41) is 23.0. The molecule has 2 aliphatic rings. The summed E-state index contributed by atoms with van der Waals surface area (Å²) >= 11 is 0. The molecule has 0 fully saturated rings. The standard InChI is InChI=1S/C28H22N2O5/c31-22-17-24-23(34-14-15-35-24)16-21(22)28(33)20-12-7-13-29-26(20)30(27(28)32)25(18-8-3-1-4-9-18)19-10-5-2-6-11-19/h1-13,16-17,25,31,33H,14-15H2. The van der Waals surface area contributed by atoms with E-state index in [0.29, 0.717) is 30.5 Å². The molecular formula is C28H22N2O5. The lowest BCUT2D eigenvalue weighted by molar-refractivity contribution is -0.132. The van der Waals surface area contributed by atoms with Crippen LogP contribution in [0.5, 0.6) is 17.2 Å². The first kappa shape index (κ1) is 21.2. The molecule has 6 rings (SSSR count). The molecule has 174 valence electrons. The van der Waals surface area contributed by atoms with Crippen molar-refractivity contribution in [2.24, 2.45) is 0 Å². The molecule has 1 atom stereocenters. The number of hydrogen-bond acceptors (Lipinski definition) is 6. The van der Waals surface area contributed by atoms with Crippen LogP contribution in [0.3, 0.4) is 0 Å². The minimum atomic E-state index is -2.18. The van der Waals surface area contributed by atoms with Gasteiger partial charge in [-0.1, -0.05) is 60.7 Å². The third-order valence-electron chi connectivity index (χ3n) is 6.47. The minimum Gasteiger partial charge on any atom is -0.507 e. The number of nitrogens with zero attached hydrogens (tertiary/aromatic N) is 2. The van der Waals surface area contributed by atoms with Crippen molar-refractivity contribution < 1.29 is 24.5 Å². The SMILES string of the molecule is O=C1N(C(c2ccccc2)c2ccccc2)c2ncccc2C1(O)c1cc2c(cc1O)OCCO2. The number of carbonyl (C=O) groups excluding carboxylic acids is 1. The maximum atomic E-state index is 14.2. The third kappa shape index (κ3) is 3.24. The highest BCUT2D eigenvalue weighted by Crippen LogP contribution is 2.51. The Morgan fingerprint density at radius 2 is 1.43 bits per heavy atom. The zero-order valence-corrected chi connectivity index (χ0v) is 18.7. The average molecular weight is 466 g/mol. The van der Waals surface area contributed by atoms with E-state index in [0.717, 1.165) is 11.1 Å². The minimum absolute atomic E-state index is 0.0170. The summed E-state index contributed by atoms with van der Waals surface area (Å²) in [6.45, 7) is 0.684. The van der Waals surface area contributed by atoms with Crippen molar-refractivity contribution in [1.29, 1.82) is 0 Å². The lowest BCUT2D eigenvalue weighted by atomic mass is 9.87. The first-order chi connectivity index (χ1) is 17.1. The van der Waals surface area contributed by atoms with Gasteiger partial charge in [-0.25, -0.2) is 4.98 Å². The van der Waals surface area contributed by atoms with Crippen molar-refractivity contribution in [2.75, 3.05) is 18.1 Å². The second-order valence-electron chi connectivity index (χ2n) is 8.50. The van der Waals surface area contributed by atoms with Crippen molar-refractivity contribution >= 4 is 11.7 Å². The highest BCUT2D eigenvalue weighted by Gasteiger charge is 2.55. The van der Waals surface area contributed by atoms with E-state index < -0.39 is 17.6 Å². The van der Waals surface area contributed by atoms with Crippen LogP contribution in [0, 0.1) is 0 Å². The second-order valence-corrected chi connectivity index (χ2v) is 8.50. The first-order valence-corrected chi connectivity index (χ1v) is 11.3. The van der Waals surface area contributed by atoms with Crippen LogP contribution in [0.2, 0.25) is 0 Å². The molecule has 3 heterocycles. The van der Waals surface area contributed by atoms with Gasteiger partial charge in [0, 0.05) is 23.4 Å². The molecule has 1 amide bonds. The van der Waals surface area contributed by atoms with Gasteiger partial charge in [0.1, 0.15) is 24.8 Å². The predicted molar refractivity (Wildman–Crippen MR) is 129 cm³/mol. The number of phenolic OH excluding ortho intramolecular Hbond substituents is 1. The summed E-state index contributed by atoms with van der Waals surface area (Å²) in [4.78, 5) is 20.3. The van der Waals surface area contributed by atoms with Gasteiger partial charge in [-0.05, 0) is 29.3 Å². The van der Waals surface area contributed by atoms with Crippen LogP contribution in [0.4, 0.5) is 5.82 Å². The van der Waals surface area contributed by atoms with Crippen molar-refractivity contribution in [2.45, 2.75) is 11.6 Å². The summed E-state index contributed by atoms with van der Waals surface area (Å²) in [6, 6.07) is 24.8. The summed E-state index contributed by atoms with van der Waals surface area (Å²) in [7, 11) is 0. The van der Waals surface area contributed by atoms with Gasteiger partial charge in [-0.2, -0.15) is 0 Å². The Morgan fingerprint density at radius 3 is 2.06 bits per heavy atom. The molecule has 7 nitrogen and oxygen atoms in total. The Hall–Kier alpha value is -4.36. The summed E-state index contributed by atoms with van der Waals surface area (Å²) in [6.07, 6.45) is 1.58. The highest BCUT2D eigenvalue weighted by molar-refractivity contribution is 6.09. The number of aromatic nitrogens is 1. The number of anilines is 1. The summed E-state index contributed by atoms with van der Waals surface area (Å²) in [5.74, 6) is 0.165. The third-order valence-corrected chi connectivity index (χ3v) is 6.47. The molecule has 1 unspecified atom stereocenters. The van der Waals surface area contributed by atoms with Crippen molar-refractivity contribution in [1.82, 2.24) is 4.98 Å². The lowest BCUT2D eigenvalue weighted by Crippen LogP contribution is -2.43. The van der Waals surface area contributed by atoms with Crippen molar-refractivity contribution in [3.63, 3.8) is 0 Å². The quantitative estimate of drug-likeness (QED) is 0.474. The van der Waals surface area contributed by atoms with E-state index in [4.69, 9.17) is 9.47 Å². The van der Waals surface area contributed by atoms with Gasteiger partial charge in [0.15, 0.2) is 11.5 Å². The van der Waals surface area contributed by atoms with E-state index >= 15 is 0 Å². The van der Waals surface area contributed by atoms with Crippen LogP contribution in [0.25, 0.3) is 0 Å². The fourth-order valence-electron chi connectivity index (χ4n) is 4.89. The number of amides is 1. The van der Waals surface area contributed by atoms with Gasteiger partial charge >= 0.3 is 0 Å². The van der Waals surface area contributed by atoms with E-state index in [1.165, 1.54) is 17.0 Å². The van der Waals surface area contributed by atoms with E-state index in [2.05, 4.69) is 4.98 Å². The number of hydrogen-bond donors (Lipinski definition) is 2. The lowest BCUT2D eigenvalue weighted by Gasteiger charge is -2.31. The maximum absolute atomic E-state index is 14.2.